The first-order chi connectivity index (χ1) is 5.40. The number of nitrogens with zero attached hydrogens (tertiary/aromatic N) is 2. The zero-order chi connectivity index (χ0) is 7.68. The highest BCUT2D eigenvalue weighted by Gasteiger charge is 2.22. The van der Waals surface area contributed by atoms with E-state index >= 15 is 0 Å². The van der Waals surface area contributed by atoms with Gasteiger partial charge in [0.1, 0.15) is 0 Å². The van der Waals surface area contributed by atoms with Crippen molar-refractivity contribution in [1.29, 1.82) is 0 Å². The molecule has 0 aliphatic heterocycles. The second-order valence-electron chi connectivity index (χ2n) is 3.30. The van der Waals surface area contributed by atoms with Gasteiger partial charge in [-0.3, -0.25) is 4.68 Å². The Hall–Kier alpha value is -0.790. The lowest BCUT2D eigenvalue weighted by molar-refractivity contribution is 0.542. The van der Waals surface area contributed by atoms with Crippen LogP contribution in [0, 0.1) is 5.92 Å². The lowest BCUT2D eigenvalue weighted by atomic mass is 10.3. The minimum atomic E-state index is 0.931. The molecule has 1 saturated carbocycles. The Labute approximate surface area is 67.2 Å². The van der Waals surface area contributed by atoms with Gasteiger partial charge in [0.05, 0.1) is 0 Å². The molecule has 1 fully saturated rings. The molecule has 0 saturated heterocycles. The minimum absolute atomic E-state index is 0.931. The fraction of sp³-hybridized carbons (Fsp3) is 0.667. The van der Waals surface area contributed by atoms with Crippen LogP contribution >= 0.6 is 0 Å². The molecule has 1 aliphatic rings. The summed E-state index contributed by atoms with van der Waals surface area (Å²) in [6.45, 7) is 3.33. The summed E-state index contributed by atoms with van der Waals surface area (Å²) >= 11 is 0. The van der Waals surface area contributed by atoms with Gasteiger partial charge in [0, 0.05) is 18.4 Å². The lowest BCUT2D eigenvalue weighted by Crippen LogP contribution is -2.05. The topological polar surface area (TPSA) is 17.8 Å². The monoisotopic (exact) mass is 150 g/mol. The average Bonchev–Trinajstić information content (AvgIpc) is 2.68. The van der Waals surface area contributed by atoms with Gasteiger partial charge in [0.15, 0.2) is 0 Å². The van der Waals surface area contributed by atoms with Crippen LogP contribution in [0.1, 0.15) is 25.5 Å². The minimum Gasteiger partial charge on any atom is -0.269 e. The standard InChI is InChI=1S/C9H14N2/c1-2-9-5-6-10-11(9)7-8-3-4-8/h5-6,8H,2-4,7H2,1H3. The number of hydrogen-bond donors (Lipinski definition) is 0. The molecule has 1 aromatic heterocycles. The molecule has 0 bridgehead atoms. The van der Waals surface area contributed by atoms with Crippen molar-refractivity contribution in [2.24, 2.45) is 5.92 Å². The largest absolute Gasteiger partial charge is 0.269 e. The molecular weight excluding hydrogens is 136 g/mol. The molecule has 1 aromatic rings. The molecule has 0 spiro atoms. The number of rotatable bonds is 3. The summed E-state index contributed by atoms with van der Waals surface area (Å²) in [5.41, 5.74) is 1.37. The Morgan fingerprint density at radius 1 is 1.64 bits per heavy atom. The van der Waals surface area contributed by atoms with E-state index in [9.17, 15) is 0 Å². The van der Waals surface area contributed by atoms with Crippen LogP contribution < -0.4 is 0 Å². The molecule has 0 N–H and O–H groups in total. The van der Waals surface area contributed by atoms with Crippen LogP contribution in [-0.4, -0.2) is 9.78 Å². The van der Waals surface area contributed by atoms with Gasteiger partial charge in [-0.1, -0.05) is 6.92 Å². The Kier molecular flexibility index (Phi) is 1.68. The van der Waals surface area contributed by atoms with Crippen molar-refractivity contribution in [1.82, 2.24) is 9.78 Å². The molecule has 0 radical (unpaired) electrons. The van der Waals surface area contributed by atoms with Crippen LogP contribution in [0.2, 0.25) is 0 Å². The summed E-state index contributed by atoms with van der Waals surface area (Å²) in [6.07, 6.45) is 5.82. The Bertz CT molecular complexity index is 235. The third-order valence-corrected chi connectivity index (χ3v) is 2.29. The zero-order valence-corrected chi connectivity index (χ0v) is 6.95. The van der Waals surface area contributed by atoms with E-state index in [-0.39, 0.29) is 0 Å². The van der Waals surface area contributed by atoms with Gasteiger partial charge in [-0.2, -0.15) is 5.10 Å². The average molecular weight is 150 g/mol. The van der Waals surface area contributed by atoms with Crippen molar-refractivity contribution < 1.29 is 0 Å². The first-order valence-corrected chi connectivity index (χ1v) is 4.41. The highest BCUT2D eigenvalue weighted by molar-refractivity contribution is 5.00. The van der Waals surface area contributed by atoms with Gasteiger partial charge in [-0.15, -0.1) is 0 Å². The summed E-state index contributed by atoms with van der Waals surface area (Å²) in [5, 5.41) is 4.28. The third-order valence-electron chi connectivity index (χ3n) is 2.29. The van der Waals surface area contributed by atoms with E-state index in [1.165, 1.54) is 18.5 Å². The summed E-state index contributed by atoms with van der Waals surface area (Å²) in [4.78, 5) is 0. The van der Waals surface area contributed by atoms with Crippen molar-refractivity contribution in [2.75, 3.05) is 0 Å². The first kappa shape index (κ1) is 6.89. The van der Waals surface area contributed by atoms with Gasteiger partial charge in [0.25, 0.3) is 0 Å². The predicted molar refractivity (Wildman–Crippen MR) is 44.3 cm³/mol. The first-order valence-electron chi connectivity index (χ1n) is 4.41. The maximum Gasteiger partial charge on any atom is 0.0492 e. The normalized spacial score (nSPS) is 17.2. The van der Waals surface area contributed by atoms with E-state index in [0.717, 1.165) is 18.9 Å². The molecule has 2 nitrogen and oxygen atoms in total. The van der Waals surface area contributed by atoms with E-state index in [4.69, 9.17) is 0 Å². The van der Waals surface area contributed by atoms with Crippen LogP contribution in [-0.2, 0) is 13.0 Å². The van der Waals surface area contributed by atoms with Gasteiger partial charge < -0.3 is 0 Å². The molecule has 60 valence electrons. The molecule has 11 heavy (non-hydrogen) atoms. The molecule has 0 unspecified atom stereocenters. The van der Waals surface area contributed by atoms with Crippen molar-refractivity contribution in [3.63, 3.8) is 0 Å². The lowest BCUT2D eigenvalue weighted by Gasteiger charge is -2.02. The highest BCUT2D eigenvalue weighted by atomic mass is 15.3. The molecular formula is C9H14N2. The summed E-state index contributed by atoms with van der Waals surface area (Å²) in [5.74, 6) is 0.931. The maximum absolute atomic E-state index is 4.28. The number of aryl methyl sites for hydroxylation is 1. The van der Waals surface area contributed by atoms with Crippen molar-refractivity contribution >= 4 is 0 Å². The Morgan fingerprint density at radius 2 is 2.45 bits per heavy atom. The SMILES string of the molecule is CCc1ccnn1CC1CC1. The fourth-order valence-corrected chi connectivity index (χ4v) is 1.37. The molecule has 2 rings (SSSR count). The predicted octanol–water partition coefficient (Wildman–Crippen LogP) is 1.86. The van der Waals surface area contributed by atoms with E-state index in [1.54, 1.807) is 0 Å². The molecule has 1 aliphatic carbocycles. The van der Waals surface area contributed by atoms with Crippen LogP contribution in [0.5, 0.6) is 0 Å². The molecule has 0 aromatic carbocycles. The van der Waals surface area contributed by atoms with Crippen molar-refractivity contribution in [3.8, 4) is 0 Å². The number of aromatic nitrogens is 2. The van der Waals surface area contributed by atoms with Crippen LogP contribution in [0.15, 0.2) is 12.3 Å². The van der Waals surface area contributed by atoms with E-state index in [1.807, 2.05) is 6.20 Å². The second-order valence-corrected chi connectivity index (χ2v) is 3.30. The van der Waals surface area contributed by atoms with Crippen molar-refractivity contribution in [3.05, 3.63) is 18.0 Å². The molecule has 1 heterocycles. The number of hydrogen-bond acceptors (Lipinski definition) is 1. The third kappa shape index (κ3) is 1.44. The molecule has 0 atom stereocenters. The maximum atomic E-state index is 4.28. The fourth-order valence-electron chi connectivity index (χ4n) is 1.37. The quantitative estimate of drug-likeness (QED) is 0.643. The summed E-state index contributed by atoms with van der Waals surface area (Å²) in [6, 6.07) is 2.11. The Morgan fingerprint density at radius 3 is 3.09 bits per heavy atom. The van der Waals surface area contributed by atoms with Gasteiger partial charge >= 0.3 is 0 Å². The van der Waals surface area contributed by atoms with Crippen LogP contribution in [0.25, 0.3) is 0 Å². The molecule has 0 amide bonds. The van der Waals surface area contributed by atoms with E-state index in [0.29, 0.717) is 0 Å². The summed E-state index contributed by atoms with van der Waals surface area (Å²) < 4.78 is 2.15. The summed E-state index contributed by atoms with van der Waals surface area (Å²) in [7, 11) is 0. The van der Waals surface area contributed by atoms with Crippen LogP contribution in [0.4, 0.5) is 0 Å². The van der Waals surface area contributed by atoms with E-state index < -0.39 is 0 Å². The van der Waals surface area contributed by atoms with Gasteiger partial charge in [-0.05, 0) is 31.2 Å². The van der Waals surface area contributed by atoms with Gasteiger partial charge in [-0.25, -0.2) is 0 Å². The van der Waals surface area contributed by atoms with E-state index in [2.05, 4.69) is 22.8 Å². The molecule has 2 heteroatoms. The van der Waals surface area contributed by atoms with Gasteiger partial charge in [0.2, 0.25) is 0 Å². The second kappa shape index (κ2) is 2.68. The van der Waals surface area contributed by atoms with Crippen LogP contribution in [0.3, 0.4) is 0 Å². The highest BCUT2D eigenvalue weighted by Crippen LogP contribution is 2.30. The zero-order valence-electron chi connectivity index (χ0n) is 6.95. The van der Waals surface area contributed by atoms with Crippen molar-refractivity contribution in [2.45, 2.75) is 32.7 Å². The Balaban J connectivity index is 2.07. The smallest absolute Gasteiger partial charge is 0.0492 e.